The third kappa shape index (κ3) is 18.0. The Kier molecular flexibility index (Phi) is 24.6. The number of likely N-dealkylation sites (tertiary alicyclic amines) is 1. The van der Waals surface area contributed by atoms with E-state index < -0.39 is 23.0 Å². The number of carbonyl (C=O) groups is 8. The number of nitrogens with one attached hydrogen (secondary N) is 3. The van der Waals surface area contributed by atoms with Gasteiger partial charge in [-0.15, -0.1) is 0 Å². The first kappa shape index (κ1) is 72.0. The Morgan fingerprint density at radius 1 is 0.608 bits per heavy atom. The predicted molar refractivity (Wildman–Crippen MR) is 362 cm³/mol. The average Bonchev–Trinajstić information content (AvgIpc) is 1.60. The molecule has 5 atom stereocenters. The van der Waals surface area contributed by atoms with Crippen LogP contribution < -0.4 is 39.6 Å². The number of amides is 7. The first-order chi connectivity index (χ1) is 46.6. The van der Waals surface area contributed by atoms with Crippen LogP contribution in [0, 0.1) is 17.8 Å². The van der Waals surface area contributed by atoms with Crippen LogP contribution >= 0.6 is 0 Å². The van der Waals surface area contributed by atoms with Crippen LogP contribution in [-0.2, 0) is 47.7 Å². The summed E-state index contributed by atoms with van der Waals surface area (Å²) in [7, 11) is 4.65. The van der Waals surface area contributed by atoms with Gasteiger partial charge in [0.05, 0.1) is 127 Å². The van der Waals surface area contributed by atoms with Crippen molar-refractivity contribution in [3.63, 3.8) is 0 Å². The lowest BCUT2D eigenvalue weighted by molar-refractivity contribution is -0.139. The van der Waals surface area contributed by atoms with Crippen LogP contribution in [0.5, 0.6) is 28.7 Å². The standard InChI is InChI=1S/C72H88N8O17/c1-45(2)66(77-64(83)20-25-92-27-29-94-31-32-95-30-28-93-26-21-73-63(82)19-22-78-65(84)34-47(4)68(78)86)58(81)33-46(3)67(85)76-52-15-11-48(12-16-52)50-39-71(5)43-74-56-37-61(59(90-8)35-54(56)69(87)79(71)41-50)96-23-10-24-97-62-38-57-55(36-60(62)91-9)70(88)80-42-51(40-72(80,6)44-75-57)49-13-17-53(89-7)18-14-49/h11-18,35-38,41-47,66H,10,19-34,39-40H2,1-9H3,(H,73,82)(H,76,85)(H,77,83)/t46-,47?,66+,71-,72-/m1/s1. The van der Waals surface area contributed by atoms with Gasteiger partial charge in [-0.05, 0) is 78.4 Å². The first-order valence-electron chi connectivity index (χ1n) is 32.8. The maximum Gasteiger partial charge on any atom is 0.260 e. The van der Waals surface area contributed by atoms with Gasteiger partial charge in [0.2, 0.25) is 29.5 Å². The van der Waals surface area contributed by atoms with Gasteiger partial charge in [-0.2, -0.15) is 0 Å². The number of aliphatic imine (C=N–C) groups is 2. The second kappa shape index (κ2) is 33.1. The van der Waals surface area contributed by atoms with Gasteiger partial charge < -0.3 is 68.4 Å². The highest BCUT2D eigenvalue weighted by Gasteiger charge is 2.44. The molecule has 0 saturated carbocycles. The summed E-state index contributed by atoms with van der Waals surface area (Å²) in [5, 5.41) is 8.44. The lowest BCUT2D eigenvalue weighted by Gasteiger charge is -2.29. The van der Waals surface area contributed by atoms with E-state index in [-0.39, 0.29) is 137 Å². The molecule has 5 aliphatic heterocycles. The fraction of sp³-hybridized carbons (Fsp3) is 0.472. The fourth-order valence-electron chi connectivity index (χ4n) is 11.9. The van der Waals surface area contributed by atoms with Crippen molar-refractivity contribution in [2.24, 2.45) is 27.7 Å². The average molecular weight is 1340 g/mol. The van der Waals surface area contributed by atoms with Gasteiger partial charge >= 0.3 is 0 Å². The summed E-state index contributed by atoms with van der Waals surface area (Å²) in [5.41, 5.74) is 4.41. The quantitative estimate of drug-likeness (QED) is 0.0285. The number of hydrogen-bond donors (Lipinski definition) is 3. The van der Waals surface area contributed by atoms with Crippen molar-refractivity contribution in [2.75, 3.05) is 106 Å². The number of methoxy groups -OCH3 is 3. The monoisotopic (exact) mass is 1340 g/mol. The van der Waals surface area contributed by atoms with Gasteiger partial charge in [0.15, 0.2) is 28.8 Å². The van der Waals surface area contributed by atoms with Crippen LogP contribution in [0.2, 0.25) is 0 Å². The van der Waals surface area contributed by atoms with Crippen LogP contribution in [0.25, 0.3) is 11.1 Å². The van der Waals surface area contributed by atoms with Crippen LogP contribution in [0.3, 0.4) is 0 Å². The first-order valence-corrected chi connectivity index (χ1v) is 32.8. The van der Waals surface area contributed by atoms with E-state index in [1.54, 1.807) is 73.4 Å². The number of hydrogen-bond acceptors (Lipinski definition) is 19. The van der Waals surface area contributed by atoms with Crippen molar-refractivity contribution in [1.82, 2.24) is 25.3 Å². The minimum atomic E-state index is -0.805. The highest BCUT2D eigenvalue weighted by Crippen LogP contribution is 2.46. The van der Waals surface area contributed by atoms with Crippen molar-refractivity contribution >= 4 is 87.8 Å². The molecule has 0 aliphatic carbocycles. The molecule has 0 spiro atoms. The summed E-state index contributed by atoms with van der Waals surface area (Å²) >= 11 is 0. The lowest BCUT2D eigenvalue weighted by Crippen LogP contribution is -2.45. The van der Waals surface area contributed by atoms with Gasteiger partial charge in [-0.1, -0.05) is 52.0 Å². The lowest BCUT2D eigenvalue weighted by atomic mass is 9.92. The van der Waals surface area contributed by atoms with Crippen molar-refractivity contribution in [3.8, 4) is 28.7 Å². The maximum absolute atomic E-state index is 14.4. The van der Waals surface area contributed by atoms with Gasteiger partial charge in [-0.3, -0.25) is 53.2 Å². The van der Waals surface area contributed by atoms with E-state index >= 15 is 0 Å². The molecule has 1 saturated heterocycles. The summed E-state index contributed by atoms with van der Waals surface area (Å²) < 4.78 is 51.3. The van der Waals surface area contributed by atoms with Gasteiger partial charge in [-0.25, -0.2) is 0 Å². The topological polar surface area (TPSA) is 290 Å². The fourth-order valence-corrected chi connectivity index (χ4v) is 11.9. The Morgan fingerprint density at radius 3 is 1.60 bits per heavy atom. The third-order valence-corrected chi connectivity index (χ3v) is 17.5. The van der Waals surface area contributed by atoms with E-state index in [2.05, 4.69) is 16.0 Å². The minimum absolute atomic E-state index is 0.0284. The molecule has 0 radical (unpaired) electrons. The molecule has 25 heteroatoms. The summed E-state index contributed by atoms with van der Waals surface area (Å²) in [6.07, 6.45) is 8.96. The molecule has 518 valence electrons. The Labute approximate surface area is 565 Å². The van der Waals surface area contributed by atoms with Crippen molar-refractivity contribution < 1.29 is 81.0 Å². The second-order valence-corrected chi connectivity index (χ2v) is 25.3. The Balaban J connectivity index is 0.659. The van der Waals surface area contributed by atoms with Crippen molar-refractivity contribution in [3.05, 3.63) is 107 Å². The minimum Gasteiger partial charge on any atom is -0.497 e. The molecular weight excluding hydrogens is 1250 g/mol. The number of anilines is 1. The SMILES string of the molecule is COc1ccc(C2=CN3C(=O)c4cc(OC)c(OCCCOc5cc6c(cc5OC)C(=O)N5C=C(c7ccc(NC(=O)[C@H](C)CC(=O)[C@@H](NC(=O)CCOCCOCCOCCOCCNC(=O)CCN8C(=O)CC(C)C8=O)C(C)C)cc7)C[C@]5(C)C=N6)cc4N=C[C@@]3(C)C2)cc1. The highest BCUT2D eigenvalue weighted by molar-refractivity contribution is 6.08. The van der Waals surface area contributed by atoms with Crippen LogP contribution in [-0.4, -0.2) is 192 Å². The molecule has 0 bridgehead atoms. The van der Waals surface area contributed by atoms with Gasteiger partial charge in [0, 0.05) is 113 Å². The molecule has 4 aromatic rings. The van der Waals surface area contributed by atoms with E-state index in [0.29, 0.717) is 96.9 Å². The van der Waals surface area contributed by atoms with Gasteiger partial charge in [0.25, 0.3) is 11.8 Å². The number of benzene rings is 4. The molecule has 25 nitrogen and oxygen atoms in total. The molecule has 7 amide bonds. The van der Waals surface area contributed by atoms with E-state index in [9.17, 15) is 38.4 Å². The van der Waals surface area contributed by atoms with E-state index in [1.165, 1.54) is 14.2 Å². The molecule has 1 unspecified atom stereocenters. The summed E-state index contributed by atoms with van der Waals surface area (Å²) in [4.78, 5) is 118. The smallest absolute Gasteiger partial charge is 0.260 e. The zero-order chi connectivity index (χ0) is 69.4. The Hall–Kier alpha value is -9.30. The highest BCUT2D eigenvalue weighted by atomic mass is 16.6. The predicted octanol–water partition coefficient (Wildman–Crippen LogP) is 8.32. The number of nitrogens with zero attached hydrogens (tertiary/aromatic N) is 5. The van der Waals surface area contributed by atoms with E-state index in [4.69, 9.17) is 52.6 Å². The number of fused-ring (bicyclic) bond motifs is 4. The summed E-state index contributed by atoms with van der Waals surface area (Å²) in [6.45, 7) is 14.0. The Morgan fingerprint density at radius 2 is 1.11 bits per heavy atom. The largest absolute Gasteiger partial charge is 0.497 e. The van der Waals surface area contributed by atoms with E-state index in [0.717, 1.165) is 32.9 Å². The number of rotatable bonds is 36. The molecule has 1 fully saturated rings. The number of Topliss-reactive ketones (excluding diaryl/α,β-unsaturated/α-hetero) is 1. The van der Waals surface area contributed by atoms with Gasteiger partial charge in [0.1, 0.15) is 5.75 Å². The molecule has 0 aromatic heterocycles. The zero-order valence-electron chi connectivity index (χ0n) is 56.7. The van der Waals surface area contributed by atoms with Crippen LogP contribution in [0.1, 0.15) is 118 Å². The van der Waals surface area contributed by atoms with Crippen molar-refractivity contribution in [1.29, 1.82) is 0 Å². The number of ether oxygens (including phenoxy) is 9. The van der Waals surface area contributed by atoms with Crippen LogP contribution in [0.15, 0.2) is 95.2 Å². The molecule has 9 rings (SSSR count). The Bertz CT molecular complexity index is 3680. The number of carbonyl (C=O) groups excluding carboxylic acids is 8. The van der Waals surface area contributed by atoms with Crippen LogP contribution in [0.4, 0.5) is 17.1 Å². The normalized spacial score (nSPS) is 19.1. The number of imide groups is 1. The second-order valence-electron chi connectivity index (χ2n) is 25.3. The molecule has 5 heterocycles. The maximum atomic E-state index is 14.4. The summed E-state index contributed by atoms with van der Waals surface area (Å²) in [6, 6.07) is 21.0. The molecule has 3 N–H and O–H groups in total. The molecular formula is C72H88N8O17. The molecule has 97 heavy (non-hydrogen) atoms. The number of ketones is 1. The zero-order valence-corrected chi connectivity index (χ0v) is 56.7. The molecule has 5 aliphatic rings. The third-order valence-electron chi connectivity index (χ3n) is 17.5. The van der Waals surface area contributed by atoms with E-state index in [1.807, 2.05) is 82.7 Å². The van der Waals surface area contributed by atoms with Crippen molar-refractivity contribution in [2.45, 2.75) is 104 Å². The summed E-state index contributed by atoms with van der Waals surface area (Å²) in [5.74, 6) is -1.13. The molecule has 4 aromatic carbocycles.